The number of benzene rings is 2. The highest BCUT2D eigenvalue weighted by molar-refractivity contribution is 5.91. The maximum atomic E-state index is 12.8. The van der Waals surface area contributed by atoms with Crippen LogP contribution in [0.25, 0.3) is 5.69 Å². The maximum absolute atomic E-state index is 12.8. The number of hydrogen-bond acceptors (Lipinski definition) is 5. The Morgan fingerprint density at radius 1 is 1.06 bits per heavy atom. The Bertz CT molecular complexity index is 1060. The number of carbonyl (C=O) groups is 1. The highest BCUT2D eigenvalue weighted by Gasteiger charge is 2.20. The zero-order chi connectivity index (χ0) is 22.5. The maximum Gasteiger partial charge on any atom is 0.239 e. The Hall–Kier alpha value is -3.32. The molecular formula is C25H30N4O3. The highest BCUT2D eigenvalue weighted by Crippen LogP contribution is 2.34. The van der Waals surface area contributed by atoms with Gasteiger partial charge in [-0.05, 0) is 42.7 Å². The smallest absolute Gasteiger partial charge is 0.239 e. The molecule has 0 spiro atoms. The number of rotatable bonds is 7. The summed E-state index contributed by atoms with van der Waals surface area (Å²) in [4.78, 5) is 12.8. The molecule has 32 heavy (non-hydrogen) atoms. The largest absolute Gasteiger partial charge is 0.490 e. The molecule has 0 bridgehead atoms. The van der Waals surface area contributed by atoms with Crippen molar-refractivity contribution in [1.29, 1.82) is 0 Å². The highest BCUT2D eigenvalue weighted by atomic mass is 16.5. The summed E-state index contributed by atoms with van der Waals surface area (Å²) in [6.45, 7) is 7.66. The summed E-state index contributed by atoms with van der Waals surface area (Å²) in [5.41, 5.74) is 2.81. The van der Waals surface area contributed by atoms with E-state index in [2.05, 4.69) is 29.6 Å². The number of para-hydroxylation sites is 1. The molecule has 1 atom stereocenters. The second-order valence-corrected chi connectivity index (χ2v) is 8.33. The van der Waals surface area contributed by atoms with Crippen LogP contribution in [0.15, 0.2) is 54.6 Å². The van der Waals surface area contributed by atoms with Gasteiger partial charge in [0.1, 0.15) is 5.82 Å². The molecule has 1 unspecified atom stereocenters. The van der Waals surface area contributed by atoms with Gasteiger partial charge in [0.05, 0.1) is 31.1 Å². The van der Waals surface area contributed by atoms with Gasteiger partial charge < -0.3 is 20.1 Å². The van der Waals surface area contributed by atoms with E-state index in [1.807, 2.05) is 61.5 Å². The summed E-state index contributed by atoms with van der Waals surface area (Å²) in [6.07, 6.45) is 0.870. The van der Waals surface area contributed by atoms with E-state index in [1.54, 1.807) is 4.68 Å². The van der Waals surface area contributed by atoms with Crippen LogP contribution in [-0.4, -0.2) is 35.4 Å². The summed E-state index contributed by atoms with van der Waals surface area (Å²) in [6, 6.07) is 17.6. The van der Waals surface area contributed by atoms with Gasteiger partial charge in [0.15, 0.2) is 11.5 Å². The standard InChI is InChI=1S/C25H30N4O3/c1-17(2)25(19-10-11-21-22(15-19)32-13-7-12-31-21)26-16-24(30)27-23-14-18(3)28-29(23)20-8-5-4-6-9-20/h4-6,8-11,14-15,17,25-26H,7,12-13,16H2,1-3H3,(H,27,30). The third-order valence-electron chi connectivity index (χ3n) is 5.38. The number of carbonyl (C=O) groups excluding carboxylic acids is 1. The predicted molar refractivity (Wildman–Crippen MR) is 125 cm³/mol. The first kappa shape index (κ1) is 21.9. The number of amides is 1. The molecule has 2 heterocycles. The normalized spacial score (nSPS) is 14.1. The van der Waals surface area contributed by atoms with E-state index < -0.39 is 0 Å². The zero-order valence-corrected chi connectivity index (χ0v) is 18.8. The molecule has 4 rings (SSSR count). The molecule has 0 saturated carbocycles. The topological polar surface area (TPSA) is 77.4 Å². The first-order valence-corrected chi connectivity index (χ1v) is 11.1. The summed E-state index contributed by atoms with van der Waals surface area (Å²) in [5, 5.41) is 10.9. The average Bonchev–Trinajstić information content (AvgIpc) is 2.99. The SMILES string of the molecule is Cc1cc(NC(=O)CNC(c2ccc3c(c2)OCCCO3)C(C)C)n(-c2ccccc2)n1. The molecule has 7 heteroatoms. The number of hydrogen-bond donors (Lipinski definition) is 2. The van der Waals surface area contributed by atoms with Crippen LogP contribution in [0.2, 0.25) is 0 Å². The Morgan fingerprint density at radius 2 is 1.81 bits per heavy atom. The number of fused-ring (bicyclic) bond motifs is 1. The number of anilines is 1. The summed E-state index contributed by atoms with van der Waals surface area (Å²) < 4.78 is 13.3. The second-order valence-electron chi connectivity index (χ2n) is 8.33. The quantitative estimate of drug-likeness (QED) is 0.581. The number of nitrogens with one attached hydrogen (secondary N) is 2. The fourth-order valence-electron chi connectivity index (χ4n) is 3.86. The Kier molecular flexibility index (Phi) is 6.75. The lowest BCUT2D eigenvalue weighted by molar-refractivity contribution is -0.115. The van der Waals surface area contributed by atoms with Crippen molar-refractivity contribution in [1.82, 2.24) is 15.1 Å². The molecule has 0 radical (unpaired) electrons. The first-order chi connectivity index (χ1) is 15.5. The van der Waals surface area contributed by atoms with Crippen molar-refractivity contribution < 1.29 is 14.3 Å². The van der Waals surface area contributed by atoms with Crippen molar-refractivity contribution in [3.63, 3.8) is 0 Å². The van der Waals surface area contributed by atoms with Crippen molar-refractivity contribution in [2.75, 3.05) is 25.1 Å². The molecule has 3 aromatic rings. The zero-order valence-electron chi connectivity index (χ0n) is 18.8. The minimum Gasteiger partial charge on any atom is -0.490 e. The fraction of sp³-hybridized carbons (Fsp3) is 0.360. The number of aryl methyl sites for hydroxylation is 1. The van der Waals surface area contributed by atoms with Crippen LogP contribution >= 0.6 is 0 Å². The predicted octanol–water partition coefficient (Wildman–Crippen LogP) is 4.27. The van der Waals surface area contributed by atoms with E-state index in [0.717, 1.165) is 34.9 Å². The van der Waals surface area contributed by atoms with Gasteiger partial charge in [-0.3, -0.25) is 4.79 Å². The van der Waals surface area contributed by atoms with Crippen LogP contribution in [0.5, 0.6) is 11.5 Å². The van der Waals surface area contributed by atoms with E-state index in [4.69, 9.17) is 9.47 Å². The van der Waals surface area contributed by atoms with E-state index in [1.165, 1.54) is 0 Å². The molecule has 0 aliphatic carbocycles. The molecule has 2 N–H and O–H groups in total. The third kappa shape index (κ3) is 5.11. The number of nitrogens with zero attached hydrogens (tertiary/aromatic N) is 2. The van der Waals surface area contributed by atoms with Crippen LogP contribution in [-0.2, 0) is 4.79 Å². The Balaban J connectivity index is 1.44. The third-order valence-corrected chi connectivity index (χ3v) is 5.38. The number of ether oxygens (including phenoxy) is 2. The van der Waals surface area contributed by atoms with Gasteiger partial charge in [0.2, 0.25) is 5.91 Å². The molecular weight excluding hydrogens is 404 g/mol. The number of aromatic nitrogens is 2. The van der Waals surface area contributed by atoms with Crippen LogP contribution in [0, 0.1) is 12.8 Å². The molecule has 1 aromatic heterocycles. The van der Waals surface area contributed by atoms with Gasteiger partial charge in [-0.1, -0.05) is 38.1 Å². The van der Waals surface area contributed by atoms with Gasteiger partial charge in [0.25, 0.3) is 0 Å². The van der Waals surface area contributed by atoms with Crippen molar-refractivity contribution in [2.24, 2.45) is 5.92 Å². The molecule has 0 fully saturated rings. The van der Waals surface area contributed by atoms with Crippen molar-refractivity contribution in [2.45, 2.75) is 33.2 Å². The molecule has 0 saturated heterocycles. The van der Waals surface area contributed by atoms with Gasteiger partial charge in [0, 0.05) is 18.5 Å². The van der Waals surface area contributed by atoms with E-state index in [0.29, 0.717) is 19.0 Å². The van der Waals surface area contributed by atoms with Crippen LogP contribution < -0.4 is 20.1 Å². The fourth-order valence-corrected chi connectivity index (χ4v) is 3.86. The van der Waals surface area contributed by atoms with Crippen molar-refractivity contribution in [3.8, 4) is 17.2 Å². The first-order valence-electron chi connectivity index (χ1n) is 11.1. The minimum atomic E-state index is -0.123. The molecule has 1 amide bonds. The van der Waals surface area contributed by atoms with Gasteiger partial charge >= 0.3 is 0 Å². The van der Waals surface area contributed by atoms with Crippen LogP contribution in [0.1, 0.15) is 37.6 Å². The average molecular weight is 435 g/mol. The molecule has 168 valence electrons. The van der Waals surface area contributed by atoms with Crippen molar-refractivity contribution in [3.05, 3.63) is 65.9 Å². The molecule has 1 aliphatic heterocycles. The van der Waals surface area contributed by atoms with E-state index in [-0.39, 0.29) is 24.4 Å². The van der Waals surface area contributed by atoms with Gasteiger partial charge in [-0.25, -0.2) is 4.68 Å². The van der Waals surface area contributed by atoms with E-state index >= 15 is 0 Å². The lowest BCUT2D eigenvalue weighted by atomic mass is 9.95. The van der Waals surface area contributed by atoms with Gasteiger partial charge in [-0.2, -0.15) is 5.10 Å². The second kappa shape index (κ2) is 9.87. The lowest BCUT2D eigenvalue weighted by Gasteiger charge is -2.23. The summed E-state index contributed by atoms with van der Waals surface area (Å²) in [5.74, 6) is 2.35. The monoisotopic (exact) mass is 434 g/mol. The molecule has 7 nitrogen and oxygen atoms in total. The molecule has 1 aliphatic rings. The van der Waals surface area contributed by atoms with Gasteiger partial charge in [-0.15, -0.1) is 0 Å². The Labute approximate surface area is 188 Å². The Morgan fingerprint density at radius 3 is 2.56 bits per heavy atom. The minimum absolute atomic E-state index is 0.00123. The van der Waals surface area contributed by atoms with E-state index in [9.17, 15) is 4.79 Å². The summed E-state index contributed by atoms with van der Waals surface area (Å²) in [7, 11) is 0. The molecule has 2 aromatic carbocycles. The van der Waals surface area contributed by atoms with Crippen LogP contribution in [0.4, 0.5) is 5.82 Å². The lowest BCUT2D eigenvalue weighted by Crippen LogP contribution is -2.34. The van der Waals surface area contributed by atoms with Crippen molar-refractivity contribution >= 4 is 11.7 Å². The van der Waals surface area contributed by atoms with Crippen LogP contribution in [0.3, 0.4) is 0 Å². The summed E-state index contributed by atoms with van der Waals surface area (Å²) >= 11 is 0.